The Balaban J connectivity index is 1.91. The zero-order valence-corrected chi connectivity index (χ0v) is 14.3. The molecule has 0 bridgehead atoms. The van der Waals surface area contributed by atoms with E-state index >= 15 is 0 Å². The molecule has 2 rings (SSSR count). The predicted molar refractivity (Wildman–Crippen MR) is 86.1 cm³/mol. The van der Waals surface area contributed by atoms with Crippen LogP contribution < -0.4 is 5.32 Å². The quantitative estimate of drug-likeness (QED) is 0.563. The maximum absolute atomic E-state index is 12.2. The van der Waals surface area contributed by atoms with Gasteiger partial charge in [0.2, 0.25) is 5.91 Å². The molecular formula is C15H20N2O6S. The molecule has 8 nitrogen and oxygen atoms in total. The summed E-state index contributed by atoms with van der Waals surface area (Å²) < 4.78 is 15.2. The average molecular weight is 356 g/mol. The summed E-state index contributed by atoms with van der Waals surface area (Å²) in [5, 5.41) is 2.18. The van der Waals surface area contributed by atoms with Crippen molar-refractivity contribution in [3.63, 3.8) is 0 Å². The maximum Gasteiger partial charge on any atom is 0.330 e. The highest BCUT2D eigenvalue weighted by atomic mass is 32.2. The minimum Gasteiger partial charge on any atom is -0.466 e. The summed E-state index contributed by atoms with van der Waals surface area (Å²) in [4.78, 5) is 37.2. The Morgan fingerprint density at radius 3 is 2.88 bits per heavy atom. The first-order valence-electron chi connectivity index (χ1n) is 7.40. The van der Waals surface area contributed by atoms with Crippen LogP contribution in [0, 0.1) is 0 Å². The van der Waals surface area contributed by atoms with Crippen molar-refractivity contribution in [3.8, 4) is 0 Å². The fourth-order valence-electron chi connectivity index (χ4n) is 2.30. The molecule has 24 heavy (non-hydrogen) atoms. The van der Waals surface area contributed by atoms with Crippen LogP contribution in [0.1, 0.15) is 18.1 Å². The molecule has 0 radical (unpaired) electrons. The van der Waals surface area contributed by atoms with Gasteiger partial charge in [0.05, 0.1) is 12.9 Å². The van der Waals surface area contributed by atoms with E-state index < -0.39 is 17.9 Å². The lowest BCUT2D eigenvalue weighted by atomic mass is 10.2. The Bertz CT molecular complexity index is 577. The Labute approximate surface area is 143 Å². The van der Waals surface area contributed by atoms with Gasteiger partial charge in [0.15, 0.2) is 6.61 Å². The van der Waals surface area contributed by atoms with Gasteiger partial charge in [-0.2, -0.15) is 0 Å². The van der Waals surface area contributed by atoms with E-state index in [1.807, 2.05) is 0 Å². The average Bonchev–Trinajstić information content (AvgIpc) is 3.21. The molecule has 1 saturated heterocycles. The second kappa shape index (κ2) is 8.74. The molecule has 1 N–H and O–H groups in total. The van der Waals surface area contributed by atoms with E-state index in [1.54, 1.807) is 12.1 Å². The monoisotopic (exact) mass is 356 g/mol. The van der Waals surface area contributed by atoms with E-state index in [0.717, 1.165) is 0 Å². The van der Waals surface area contributed by atoms with Gasteiger partial charge >= 0.3 is 5.97 Å². The van der Waals surface area contributed by atoms with Crippen LogP contribution in [0.15, 0.2) is 22.8 Å². The molecule has 0 aromatic carbocycles. The largest absolute Gasteiger partial charge is 0.466 e. The number of nitrogens with one attached hydrogen (secondary N) is 1. The lowest BCUT2D eigenvalue weighted by Crippen LogP contribution is -2.43. The minimum absolute atomic E-state index is 0.257. The normalized spacial score (nSPS) is 20.0. The third-order valence-corrected chi connectivity index (χ3v) is 4.68. The highest BCUT2D eigenvalue weighted by Crippen LogP contribution is 2.41. The summed E-state index contributed by atoms with van der Waals surface area (Å²) in [5.41, 5.74) is 0. The van der Waals surface area contributed by atoms with E-state index in [-0.39, 0.29) is 17.9 Å². The van der Waals surface area contributed by atoms with Gasteiger partial charge in [-0.1, -0.05) is 0 Å². The number of esters is 1. The Kier molecular flexibility index (Phi) is 6.68. The van der Waals surface area contributed by atoms with Crippen molar-refractivity contribution in [2.45, 2.75) is 18.3 Å². The van der Waals surface area contributed by atoms with Crippen molar-refractivity contribution in [3.05, 3.63) is 24.2 Å². The van der Waals surface area contributed by atoms with Crippen LogP contribution in [0.3, 0.4) is 0 Å². The van der Waals surface area contributed by atoms with E-state index in [9.17, 15) is 14.4 Å². The summed E-state index contributed by atoms with van der Waals surface area (Å²) in [6.45, 7) is 1.72. The molecule has 0 saturated carbocycles. The highest BCUT2D eigenvalue weighted by Gasteiger charge is 2.43. The summed E-state index contributed by atoms with van der Waals surface area (Å²) >= 11 is 1.42. The third kappa shape index (κ3) is 4.51. The van der Waals surface area contributed by atoms with Crippen LogP contribution in [0.25, 0.3) is 0 Å². The summed E-state index contributed by atoms with van der Waals surface area (Å²) in [5.74, 6) is -0.290. The van der Waals surface area contributed by atoms with Crippen molar-refractivity contribution in [2.24, 2.45) is 0 Å². The van der Waals surface area contributed by atoms with Gasteiger partial charge in [-0.05, 0) is 12.1 Å². The Hall–Kier alpha value is -2.00. The molecule has 2 amide bonds. The summed E-state index contributed by atoms with van der Waals surface area (Å²) in [7, 11) is 1.52. The molecule has 0 spiro atoms. The van der Waals surface area contributed by atoms with Crippen LogP contribution in [0.4, 0.5) is 0 Å². The molecule has 2 heterocycles. The molecule has 2 atom stereocenters. The molecule has 1 aliphatic rings. The lowest BCUT2D eigenvalue weighted by molar-refractivity contribution is -0.156. The van der Waals surface area contributed by atoms with Crippen molar-refractivity contribution in [2.75, 3.05) is 32.6 Å². The van der Waals surface area contributed by atoms with Gasteiger partial charge in [0.25, 0.3) is 5.91 Å². The first kappa shape index (κ1) is 18.3. The number of thioether (sulfide) groups is 1. The summed E-state index contributed by atoms with van der Waals surface area (Å²) in [6, 6.07) is 2.74. The molecule has 0 unspecified atom stereocenters. The number of amides is 2. The van der Waals surface area contributed by atoms with Crippen molar-refractivity contribution < 1.29 is 28.3 Å². The molecular weight excluding hydrogens is 336 g/mol. The smallest absolute Gasteiger partial charge is 0.330 e. The van der Waals surface area contributed by atoms with Gasteiger partial charge in [-0.25, -0.2) is 4.79 Å². The number of furan rings is 1. The third-order valence-electron chi connectivity index (χ3n) is 3.40. The second-order valence-electron chi connectivity index (χ2n) is 5.09. The van der Waals surface area contributed by atoms with E-state index in [2.05, 4.69) is 5.32 Å². The highest BCUT2D eigenvalue weighted by molar-refractivity contribution is 7.99. The van der Waals surface area contributed by atoms with Gasteiger partial charge in [-0.3, -0.25) is 9.59 Å². The Morgan fingerprint density at radius 2 is 2.25 bits per heavy atom. The fourth-order valence-corrected chi connectivity index (χ4v) is 3.72. The van der Waals surface area contributed by atoms with Crippen LogP contribution in [-0.4, -0.2) is 61.3 Å². The Morgan fingerprint density at radius 1 is 1.46 bits per heavy atom. The molecule has 9 heteroatoms. The number of methoxy groups -OCH3 is 1. The molecule has 1 aromatic heterocycles. The number of carbonyl (C=O) groups is 3. The van der Waals surface area contributed by atoms with Gasteiger partial charge < -0.3 is 24.1 Å². The van der Waals surface area contributed by atoms with E-state index in [4.69, 9.17) is 13.9 Å². The molecule has 0 aliphatic carbocycles. The zero-order valence-electron chi connectivity index (χ0n) is 13.5. The van der Waals surface area contributed by atoms with Gasteiger partial charge in [0.1, 0.15) is 17.2 Å². The number of carbonyl (C=O) groups excluding carboxylic acids is 3. The lowest BCUT2D eigenvalue weighted by Gasteiger charge is -2.25. The molecule has 132 valence electrons. The van der Waals surface area contributed by atoms with Crippen LogP contribution in [0.2, 0.25) is 0 Å². The molecule has 1 aliphatic heterocycles. The molecule has 1 aromatic rings. The zero-order chi connectivity index (χ0) is 17.5. The number of hydrogen-bond donors (Lipinski definition) is 1. The second-order valence-corrected chi connectivity index (χ2v) is 6.21. The maximum atomic E-state index is 12.2. The number of rotatable bonds is 7. The van der Waals surface area contributed by atoms with Gasteiger partial charge in [0, 0.05) is 26.3 Å². The topological polar surface area (TPSA) is 98.1 Å². The number of hydrogen-bond acceptors (Lipinski definition) is 7. The predicted octanol–water partition coefficient (Wildman–Crippen LogP) is 0.548. The van der Waals surface area contributed by atoms with E-state index in [1.165, 1.54) is 37.0 Å². The number of ether oxygens (including phenoxy) is 2. The standard InChI is InChI=1S/C15H20N2O6S/c1-10(18)17-11(9-24-14(17)12-4-3-6-22-12)15(20)23-8-13(19)16-5-7-21-2/h3-4,6,11,14H,5,7-9H2,1-2H3,(H,16,19)/t11-,14+/m0/s1. The summed E-state index contributed by atoms with van der Waals surface area (Å²) in [6.07, 6.45) is 1.52. The number of nitrogens with zero attached hydrogens (tertiary/aromatic N) is 1. The van der Waals surface area contributed by atoms with Gasteiger partial charge in [-0.15, -0.1) is 11.8 Å². The van der Waals surface area contributed by atoms with Crippen LogP contribution in [-0.2, 0) is 23.9 Å². The SMILES string of the molecule is COCCNC(=O)COC(=O)[C@@H]1CS[C@H](c2ccco2)N1C(C)=O. The molecule has 1 fully saturated rings. The first-order valence-corrected chi connectivity index (χ1v) is 8.45. The van der Waals surface area contributed by atoms with Crippen molar-refractivity contribution in [1.29, 1.82) is 0 Å². The van der Waals surface area contributed by atoms with E-state index in [0.29, 0.717) is 24.7 Å². The van der Waals surface area contributed by atoms with Crippen molar-refractivity contribution in [1.82, 2.24) is 10.2 Å². The van der Waals surface area contributed by atoms with Crippen LogP contribution >= 0.6 is 11.8 Å². The van der Waals surface area contributed by atoms with Crippen LogP contribution in [0.5, 0.6) is 0 Å². The minimum atomic E-state index is -0.741. The van der Waals surface area contributed by atoms with Crippen molar-refractivity contribution >= 4 is 29.5 Å². The first-order chi connectivity index (χ1) is 11.5. The fraction of sp³-hybridized carbons (Fsp3) is 0.533.